The predicted molar refractivity (Wildman–Crippen MR) is 149 cm³/mol. The van der Waals surface area contributed by atoms with Crippen LogP contribution in [0.3, 0.4) is 0 Å². The van der Waals surface area contributed by atoms with Gasteiger partial charge in [-0.1, -0.05) is 96.3 Å². The number of fused-ring (bicyclic) bond motifs is 1. The summed E-state index contributed by atoms with van der Waals surface area (Å²) in [5.41, 5.74) is 3.52. The number of rotatable bonds is 7. The minimum Gasteiger partial charge on any atom is -0.489 e. The van der Waals surface area contributed by atoms with Crippen molar-refractivity contribution in [3.8, 4) is 5.75 Å². The van der Waals surface area contributed by atoms with Gasteiger partial charge in [0.15, 0.2) is 4.80 Å². The van der Waals surface area contributed by atoms with E-state index in [9.17, 15) is 9.59 Å². The molecule has 0 radical (unpaired) electrons. The Bertz CT molecular complexity index is 1680. The van der Waals surface area contributed by atoms with E-state index in [-0.39, 0.29) is 5.56 Å². The van der Waals surface area contributed by atoms with E-state index in [1.165, 1.54) is 18.4 Å². The van der Waals surface area contributed by atoms with Gasteiger partial charge in [0.05, 0.1) is 29.0 Å². The van der Waals surface area contributed by atoms with Gasteiger partial charge in [0.2, 0.25) is 0 Å². The van der Waals surface area contributed by atoms with E-state index >= 15 is 0 Å². The molecule has 0 N–H and O–H groups in total. The summed E-state index contributed by atoms with van der Waals surface area (Å²) in [6, 6.07) is 26.6. The van der Waals surface area contributed by atoms with Gasteiger partial charge >= 0.3 is 5.97 Å². The Kier molecular flexibility index (Phi) is 7.47. The van der Waals surface area contributed by atoms with Crippen molar-refractivity contribution in [2.75, 3.05) is 7.11 Å². The molecule has 5 rings (SSSR count). The fourth-order valence-electron chi connectivity index (χ4n) is 4.32. The zero-order chi connectivity index (χ0) is 26.5. The second-order valence-corrected chi connectivity index (χ2v) is 9.72. The Morgan fingerprint density at radius 1 is 1.00 bits per heavy atom. The zero-order valence-corrected chi connectivity index (χ0v) is 21.9. The van der Waals surface area contributed by atoms with Crippen molar-refractivity contribution in [1.29, 1.82) is 0 Å². The molecule has 38 heavy (non-hydrogen) atoms. The highest BCUT2D eigenvalue weighted by Gasteiger charge is 2.33. The quantitative estimate of drug-likeness (QED) is 0.331. The normalized spacial score (nSPS) is 15.3. The van der Waals surface area contributed by atoms with Crippen LogP contribution in [-0.4, -0.2) is 17.6 Å². The first-order valence-corrected chi connectivity index (χ1v) is 13.0. The van der Waals surface area contributed by atoms with Crippen molar-refractivity contribution in [2.24, 2.45) is 4.99 Å². The fraction of sp³-hybridized carbons (Fsp3) is 0.129. The number of allylic oxidation sites excluding steroid dienone is 2. The van der Waals surface area contributed by atoms with Crippen LogP contribution in [0.5, 0.6) is 5.75 Å². The molecule has 1 aliphatic rings. The molecule has 6 nitrogen and oxygen atoms in total. The lowest BCUT2D eigenvalue weighted by Gasteiger charge is -2.24. The van der Waals surface area contributed by atoms with Gasteiger partial charge in [0.25, 0.3) is 5.56 Å². The number of hydrogen-bond acceptors (Lipinski definition) is 6. The average Bonchev–Trinajstić information content (AvgIpc) is 3.26. The maximum Gasteiger partial charge on any atom is 0.338 e. The van der Waals surface area contributed by atoms with Crippen LogP contribution < -0.4 is 19.6 Å². The standard InChI is InChI=1S/C31H26N2O4S/c1-21-27(30(35)36-2)28(24-16-18-25(19-17-24)37-20-23-12-7-4-8-13-23)33-29(34)26(38-31(33)32-21)15-9-14-22-10-5-3-6-11-22/h3-19,28H,20H2,1-2H3/b14-9+,26-15-. The van der Waals surface area contributed by atoms with Crippen LogP contribution in [0.4, 0.5) is 0 Å². The van der Waals surface area contributed by atoms with Crippen LogP contribution in [-0.2, 0) is 16.1 Å². The lowest BCUT2D eigenvalue weighted by atomic mass is 9.96. The molecular formula is C31H26N2O4S. The summed E-state index contributed by atoms with van der Waals surface area (Å²) >= 11 is 1.30. The van der Waals surface area contributed by atoms with E-state index in [0.717, 1.165) is 16.7 Å². The molecule has 0 amide bonds. The number of thiazole rings is 1. The van der Waals surface area contributed by atoms with Crippen LogP contribution in [0.1, 0.15) is 29.7 Å². The first-order valence-electron chi connectivity index (χ1n) is 12.1. The first kappa shape index (κ1) is 25.2. The fourth-order valence-corrected chi connectivity index (χ4v) is 5.32. The molecule has 0 aliphatic carbocycles. The van der Waals surface area contributed by atoms with E-state index in [2.05, 4.69) is 4.99 Å². The topological polar surface area (TPSA) is 69.9 Å². The van der Waals surface area contributed by atoms with Gasteiger partial charge in [-0.2, -0.15) is 0 Å². The molecule has 3 aromatic carbocycles. The van der Waals surface area contributed by atoms with Crippen molar-refractivity contribution in [1.82, 2.24) is 4.57 Å². The summed E-state index contributed by atoms with van der Waals surface area (Å²) in [5.74, 6) is 0.176. The molecule has 0 spiro atoms. The highest BCUT2D eigenvalue weighted by molar-refractivity contribution is 7.07. The monoisotopic (exact) mass is 522 g/mol. The lowest BCUT2D eigenvalue weighted by Crippen LogP contribution is -2.39. The predicted octanol–water partition coefficient (Wildman–Crippen LogP) is 4.65. The summed E-state index contributed by atoms with van der Waals surface area (Å²) in [7, 11) is 1.33. The van der Waals surface area contributed by atoms with E-state index in [0.29, 0.717) is 33.0 Å². The Hall–Kier alpha value is -4.49. The van der Waals surface area contributed by atoms with Crippen molar-refractivity contribution in [2.45, 2.75) is 19.6 Å². The van der Waals surface area contributed by atoms with Crippen molar-refractivity contribution >= 4 is 29.5 Å². The van der Waals surface area contributed by atoms with E-state index in [4.69, 9.17) is 9.47 Å². The summed E-state index contributed by atoms with van der Waals surface area (Å²) in [4.78, 5) is 31.6. The second-order valence-electron chi connectivity index (χ2n) is 8.71. The molecule has 0 saturated carbocycles. The van der Waals surface area contributed by atoms with Crippen LogP contribution >= 0.6 is 11.3 Å². The van der Waals surface area contributed by atoms with Gasteiger partial charge in [-0.3, -0.25) is 9.36 Å². The van der Waals surface area contributed by atoms with E-state index in [1.807, 2.05) is 97.1 Å². The third-order valence-electron chi connectivity index (χ3n) is 6.21. The molecule has 190 valence electrons. The third-order valence-corrected chi connectivity index (χ3v) is 7.21. The zero-order valence-electron chi connectivity index (χ0n) is 21.0. The highest BCUT2D eigenvalue weighted by Crippen LogP contribution is 2.31. The van der Waals surface area contributed by atoms with Crippen molar-refractivity contribution < 1.29 is 14.3 Å². The number of aromatic nitrogens is 1. The number of ether oxygens (including phenoxy) is 2. The third kappa shape index (κ3) is 5.28. The molecule has 0 fully saturated rings. The van der Waals surface area contributed by atoms with E-state index < -0.39 is 12.0 Å². The number of carbonyl (C=O) groups excluding carboxylic acids is 1. The molecule has 1 aromatic heterocycles. The smallest absolute Gasteiger partial charge is 0.338 e. The van der Waals surface area contributed by atoms with Crippen molar-refractivity contribution in [3.05, 3.63) is 139 Å². The molecule has 0 bridgehead atoms. The number of nitrogens with zero attached hydrogens (tertiary/aromatic N) is 2. The van der Waals surface area contributed by atoms with Gasteiger partial charge in [-0.25, -0.2) is 9.79 Å². The molecule has 0 saturated heterocycles. The summed E-state index contributed by atoms with van der Waals surface area (Å²) in [6.07, 6.45) is 5.57. The van der Waals surface area contributed by atoms with Crippen molar-refractivity contribution in [3.63, 3.8) is 0 Å². The van der Waals surface area contributed by atoms with Gasteiger partial charge in [-0.05, 0) is 41.8 Å². The SMILES string of the molecule is COC(=O)C1=C(C)N=c2s/c(=C\C=C\c3ccccc3)c(=O)n2C1c1ccc(OCc2ccccc2)cc1. The maximum absolute atomic E-state index is 13.6. The summed E-state index contributed by atoms with van der Waals surface area (Å²) in [6.45, 7) is 2.21. The summed E-state index contributed by atoms with van der Waals surface area (Å²) < 4.78 is 13.1. The molecule has 1 aliphatic heterocycles. The van der Waals surface area contributed by atoms with Gasteiger partial charge in [-0.15, -0.1) is 0 Å². The number of hydrogen-bond donors (Lipinski definition) is 0. The van der Waals surface area contributed by atoms with Gasteiger partial charge < -0.3 is 9.47 Å². The van der Waals surface area contributed by atoms with Crippen LogP contribution in [0.25, 0.3) is 12.2 Å². The molecule has 4 aromatic rings. The maximum atomic E-state index is 13.6. The van der Waals surface area contributed by atoms with Gasteiger partial charge in [0.1, 0.15) is 12.4 Å². The van der Waals surface area contributed by atoms with Crippen LogP contribution in [0.2, 0.25) is 0 Å². The number of methoxy groups -OCH3 is 1. The Labute approximate surface area is 224 Å². The van der Waals surface area contributed by atoms with Gasteiger partial charge in [0, 0.05) is 0 Å². The highest BCUT2D eigenvalue weighted by atomic mass is 32.1. The molecule has 2 heterocycles. The minimum absolute atomic E-state index is 0.213. The van der Waals surface area contributed by atoms with Crippen LogP contribution in [0, 0.1) is 0 Å². The van der Waals surface area contributed by atoms with Crippen LogP contribution in [0.15, 0.2) is 112 Å². The Morgan fingerprint density at radius 3 is 2.37 bits per heavy atom. The summed E-state index contributed by atoms with van der Waals surface area (Å²) in [5, 5.41) is 0. The number of benzene rings is 3. The molecular weight excluding hydrogens is 496 g/mol. The Morgan fingerprint density at radius 2 is 1.68 bits per heavy atom. The number of carbonyl (C=O) groups is 1. The Balaban J connectivity index is 1.51. The number of esters is 1. The van der Waals surface area contributed by atoms with E-state index in [1.54, 1.807) is 17.6 Å². The molecule has 7 heteroatoms. The molecule has 1 atom stereocenters. The molecule has 1 unspecified atom stereocenters. The second kappa shape index (κ2) is 11.3. The largest absolute Gasteiger partial charge is 0.489 e. The average molecular weight is 523 g/mol. The lowest BCUT2D eigenvalue weighted by molar-refractivity contribution is -0.136. The minimum atomic E-state index is -0.665. The first-order chi connectivity index (χ1) is 18.5.